The van der Waals surface area contributed by atoms with E-state index in [-0.39, 0.29) is 18.3 Å². The second kappa shape index (κ2) is 9.15. The monoisotopic (exact) mass is 431 g/mol. The number of ketones is 1. The van der Waals surface area contributed by atoms with Gasteiger partial charge >= 0.3 is 5.97 Å². The molecule has 0 fully saturated rings. The Hall–Kier alpha value is -2.77. The van der Waals surface area contributed by atoms with Gasteiger partial charge in [-0.1, -0.05) is 17.7 Å². The van der Waals surface area contributed by atoms with Crippen LogP contribution in [0.25, 0.3) is 6.08 Å². The van der Waals surface area contributed by atoms with Crippen LogP contribution in [0.2, 0.25) is 5.02 Å². The third-order valence-corrected chi connectivity index (χ3v) is 5.14. The summed E-state index contributed by atoms with van der Waals surface area (Å²) in [5.74, 6) is -0.618. The van der Waals surface area contributed by atoms with Crippen LogP contribution in [-0.4, -0.2) is 37.1 Å². The average Bonchev–Trinajstić information content (AvgIpc) is 2.70. The number of benzene rings is 2. The molecule has 1 N–H and O–H groups in total. The first-order valence-corrected chi connectivity index (χ1v) is 10.3. The Balaban J connectivity index is 1.68. The van der Waals surface area contributed by atoms with Crippen LogP contribution < -0.4 is 10.1 Å². The van der Waals surface area contributed by atoms with E-state index in [0.717, 1.165) is 4.90 Å². The number of anilines is 1. The highest BCUT2D eigenvalue weighted by Crippen LogP contribution is 2.29. The van der Waals surface area contributed by atoms with Gasteiger partial charge in [0.05, 0.1) is 11.3 Å². The summed E-state index contributed by atoms with van der Waals surface area (Å²) < 4.78 is 10.7. The number of nitrogens with one attached hydrogen (secondary N) is 1. The van der Waals surface area contributed by atoms with E-state index in [9.17, 15) is 14.4 Å². The maximum atomic E-state index is 12.4. The van der Waals surface area contributed by atoms with E-state index in [4.69, 9.17) is 21.1 Å². The SMILES string of the molecule is CSc1ccc(C(=O)COC(=O)C2=Cc3cc(Cl)ccc3OC2)cc1NC(C)=O. The number of carbonyl (C=O) groups excluding carboxylic acids is 3. The van der Waals surface area contributed by atoms with Gasteiger partial charge in [-0.3, -0.25) is 9.59 Å². The van der Waals surface area contributed by atoms with Gasteiger partial charge in [0.1, 0.15) is 12.4 Å². The van der Waals surface area contributed by atoms with Crippen molar-refractivity contribution in [2.75, 3.05) is 24.8 Å². The lowest BCUT2D eigenvalue weighted by Gasteiger charge is -2.17. The number of carbonyl (C=O) groups is 3. The molecule has 0 radical (unpaired) electrons. The van der Waals surface area contributed by atoms with Gasteiger partial charge in [0.15, 0.2) is 12.4 Å². The largest absolute Gasteiger partial charge is 0.488 e. The van der Waals surface area contributed by atoms with Crippen molar-refractivity contribution in [3.8, 4) is 5.75 Å². The zero-order valence-corrected chi connectivity index (χ0v) is 17.4. The van der Waals surface area contributed by atoms with Crippen LogP contribution in [0, 0.1) is 0 Å². The van der Waals surface area contributed by atoms with E-state index in [1.54, 1.807) is 42.5 Å². The number of Topliss-reactive ketones (excluding diaryl/α,β-unsaturated/α-hetero) is 1. The molecule has 6 nitrogen and oxygen atoms in total. The smallest absolute Gasteiger partial charge is 0.337 e. The highest BCUT2D eigenvalue weighted by atomic mass is 35.5. The number of hydrogen-bond acceptors (Lipinski definition) is 6. The number of rotatable bonds is 6. The van der Waals surface area contributed by atoms with Gasteiger partial charge in [0, 0.05) is 28.0 Å². The number of halogens is 1. The van der Waals surface area contributed by atoms with Crippen LogP contribution in [0.4, 0.5) is 5.69 Å². The van der Waals surface area contributed by atoms with E-state index in [0.29, 0.717) is 33.2 Å². The van der Waals surface area contributed by atoms with Crippen LogP contribution in [0.5, 0.6) is 5.75 Å². The highest BCUT2D eigenvalue weighted by Gasteiger charge is 2.20. The molecular formula is C21H18ClNO5S. The molecule has 0 saturated carbocycles. The summed E-state index contributed by atoms with van der Waals surface area (Å²) in [4.78, 5) is 37.0. The Labute approximate surface area is 177 Å². The summed E-state index contributed by atoms with van der Waals surface area (Å²) in [7, 11) is 0. The molecule has 1 amide bonds. The van der Waals surface area contributed by atoms with Gasteiger partial charge < -0.3 is 14.8 Å². The summed E-state index contributed by atoms with van der Waals surface area (Å²) in [5, 5.41) is 3.22. The lowest BCUT2D eigenvalue weighted by Crippen LogP contribution is -2.20. The fraction of sp³-hybridized carbons (Fsp3) is 0.190. The Bertz CT molecular complexity index is 1020. The molecule has 1 aliphatic rings. The number of amides is 1. The van der Waals surface area contributed by atoms with E-state index >= 15 is 0 Å². The zero-order chi connectivity index (χ0) is 21.0. The van der Waals surface area contributed by atoms with Crippen molar-refractivity contribution in [3.63, 3.8) is 0 Å². The fourth-order valence-electron chi connectivity index (χ4n) is 2.74. The van der Waals surface area contributed by atoms with Crippen LogP contribution in [0.15, 0.2) is 46.9 Å². The van der Waals surface area contributed by atoms with Gasteiger partial charge in [-0.25, -0.2) is 4.79 Å². The Kier molecular flexibility index (Phi) is 6.61. The number of esters is 1. The van der Waals surface area contributed by atoms with E-state index in [2.05, 4.69) is 5.32 Å². The van der Waals surface area contributed by atoms with Crippen LogP contribution in [0.3, 0.4) is 0 Å². The number of hydrogen-bond donors (Lipinski definition) is 1. The fourth-order valence-corrected chi connectivity index (χ4v) is 3.46. The van der Waals surface area contributed by atoms with Crippen molar-refractivity contribution in [2.24, 2.45) is 0 Å². The Morgan fingerprint density at radius 3 is 2.72 bits per heavy atom. The lowest BCUT2D eigenvalue weighted by atomic mass is 10.1. The predicted molar refractivity (Wildman–Crippen MR) is 113 cm³/mol. The van der Waals surface area contributed by atoms with E-state index in [1.165, 1.54) is 18.7 Å². The van der Waals surface area contributed by atoms with Crippen LogP contribution in [0.1, 0.15) is 22.8 Å². The van der Waals surface area contributed by atoms with Crippen LogP contribution in [-0.2, 0) is 14.3 Å². The Morgan fingerprint density at radius 1 is 1.21 bits per heavy atom. The zero-order valence-electron chi connectivity index (χ0n) is 15.8. The Morgan fingerprint density at radius 2 is 2.00 bits per heavy atom. The minimum Gasteiger partial charge on any atom is -0.488 e. The first-order chi connectivity index (χ1) is 13.9. The summed E-state index contributed by atoms with van der Waals surface area (Å²) >= 11 is 7.42. The number of thioether (sulfide) groups is 1. The molecule has 8 heteroatoms. The molecule has 0 saturated heterocycles. The molecule has 2 aromatic carbocycles. The van der Waals surface area contributed by atoms with Crippen molar-refractivity contribution in [2.45, 2.75) is 11.8 Å². The van der Waals surface area contributed by atoms with Gasteiger partial charge in [0.25, 0.3) is 0 Å². The highest BCUT2D eigenvalue weighted by molar-refractivity contribution is 7.98. The van der Waals surface area contributed by atoms with Crippen molar-refractivity contribution in [3.05, 3.63) is 58.1 Å². The molecule has 0 aliphatic carbocycles. The van der Waals surface area contributed by atoms with Crippen molar-refractivity contribution >= 4 is 52.8 Å². The summed E-state index contributed by atoms with van der Waals surface area (Å²) in [5.41, 5.74) is 1.85. The molecule has 2 aromatic rings. The van der Waals surface area contributed by atoms with Crippen molar-refractivity contribution in [1.82, 2.24) is 0 Å². The summed E-state index contributed by atoms with van der Waals surface area (Å²) in [6.45, 7) is 1.03. The first kappa shape index (κ1) is 21.0. The maximum Gasteiger partial charge on any atom is 0.337 e. The summed E-state index contributed by atoms with van der Waals surface area (Å²) in [6.07, 6.45) is 3.51. The predicted octanol–water partition coefficient (Wildman–Crippen LogP) is 4.22. The quantitative estimate of drug-likeness (QED) is 0.419. The number of ether oxygens (including phenoxy) is 2. The third kappa shape index (κ3) is 5.19. The molecule has 3 rings (SSSR count). The molecule has 1 aliphatic heterocycles. The standard InChI is InChI=1S/C21H18ClNO5S/c1-12(24)23-17-9-13(3-6-20(17)29-2)18(25)11-28-21(26)15-7-14-8-16(22)4-5-19(14)27-10-15/h3-9H,10-11H2,1-2H3,(H,23,24). The van der Waals surface area contributed by atoms with Gasteiger partial charge in [0.2, 0.25) is 5.91 Å². The molecule has 29 heavy (non-hydrogen) atoms. The van der Waals surface area contributed by atoms with E-state index < -0.39 is 12.6 Å². The van der Waals surface area contributed by atoms with Gasteiger partial charge in [-0.2, -0.15) is 0 Å². The summed E-state index contributed by atoms with van der Waals surface area (Å²) in [6, 6.07) is 10.1. The number of fused-ring (bicyclic) bond motifs is 1. The van der Waals surface area contributed by atoms with Gasteiger partial charge in [-0.05, 0) is 42.7 Å². The maximum absolute atomic E-state index is 12.4. The second-order valence-electron chi connectivity index (χ2n) is 6.24. The van der Waals surface area contributed by atoms with E-state index in [1.807, 2.05) is 6.26 Å². The minimum atomic E-state index is -0.633. The molecule has 0 aromatic heterocycles. The van der Waals surface area contributed by atoms with Crippen LogP contribution >= 0.6 is 23.4 Å². The molecule has 0 atom stereocenters. The first-order valence-electron chi connectivity index (χ1n) is 8.66. The van der Waals surface area contributed by atoms with Crippen molar-refractivity contribution < 1.29 is 23.9 Å². The lowest BCUT2D eigenvalue weighted by molar-refractivity contribution is -0.138. The molecule has 0 spiro atoms. The molecule has 150 valence electrons. The topological polar surface area (TPSA) is 81.7 Å². The molecular weight excluding hydrogens is 414 g/mol. The second-order valence-corrected chi connectivity index (χ2v) is 7.52. The minimum absolute atomic E-state index is 0.0523. The molecule has 0 unspecified atom stereocenters. The third-order valence-electron chi connectivity index (χ3n) is 4.11. The van der Waals surface area contributed by atoms with Gasteiger partial charge in [-0.15, -0.1) is 11.8 Å². The van der Waals surface area contributed by atoms with Crippen molar-refractivity contribution in [1.29, 1.82) is 0 Å². The molecule has 1 heterocycles. The normalized spacial score (nSPS) is 12.3. The average molecular weight is 432 g/mol. The molecule has 0 bridgehead atoms.